The van der Waals surface area contributed by atoms with Crippen molar-refractivity contribution in [2.75, 3.05) is 4.90 Å². The highest BCUT2D eigenvalue weighted by molar-refractivity contribution is 7.09. The lowest BCUT2D eigenvalue weighted by atomic mass is 10.3. The first-order valence-electron chi connectivity index (χ1n) is 6.02. The fourth-order valence-electron chi connectivity index (χ4n) is 2.04. The van der Waals surface area contributed by atoms with Gasteiger partial charge in [-0.1, -0.05) is 6.07 Å². The van der Waals surface area contributed by atoms with Crippen LogP contribution in [-0.4, -0.2) is 16.0 Å². The van der Waals surface area contributed by atoms with E-state index in [0.29, 0.717) is 11.3 Å². The van der Waals surface area contributed by atoms with Crippen LogP contribution in [0.15, 0.2) is 23.7 Å². The highest BCUT2D eigenvalue weighted by Crippen LogP contribution is 2.34. The van der Waals surface area contributed by atoms with E-state index in [0.717, 1.165) is 17.9 Å². The van der Waals surface area contributed by atoms with Crippen LogP contribution >= 0.6 is 22.9 Å². The van der Waals surface area contributed by atoms with Crippen molar-refractivity contribution in [3.63, 3.8) is 0 Å². The number of hydrogen-bond acceptors (Lipinski definition) is 4. The van der Waals surface area contributed by atoms with E-state index in [1.54, 1.807) is 17.5 Å². The Hall–Kier alpha value is -1.13. The first-order valence-corrected chi connectivity index (χ1v) is 7.28. The predicted molar refractivity (Wildman–Crippen MR) is 75.3 cm³/mol. The largest absolute Gasteiger partial charge is 0.348 e. The van der Waals surface area contributed by atoms with E-state index in [9.17, 15) is 0 Å². The lowest BCUT2D eigenvalue weighted by Crippen LogP contribution is -2.26. The Kier molecular flexibility index (Phi) is 3.22. The van der Waals surface area contributed by atoms with Crippen molar-refractivity contribution in [2.45, 2.75) is 32.4 Å². The number of thiophene rings is 1. The Labute approximate surface area is 115 Å². The monoisotopic (exact) mass is 279 g/mol. The fourth-order valence-corrected chi connectivity index (χ4v) is 2.87. The third-order valence-corrected chi connectivity index (χ3v) is 4.12. The summed E-state index contributed by atoms with van der Waals surface area (Å²) in [6.45, 7) is 2.95. The summed E-state index contributed by atoms with van der Waals surface area (Å²) < 4.78 is 0. The summed E-state index contributed by atoms with van der Waals surface area (Å²) in [6, 6.07) is 4.86. The van der Waals surface area contributed by atoms with Gasteiger partial charge in [0.05, 0.1) is 6.54 Å². The van der Waals surface area contributed by atoms with E-state index < -0.39 is 0 Å². The first-order chi connectivity index (χ1) is 8.74. The summed E-state index contributed by atoms with van der Waals surface area (Å²) in [5, 5.41) is 2.44. The molecule has 1 aliphatic rings. The molecule has 0 aliphatic heterocycles. The summed E-state index contributed by atoms with van der Waals surface area (Å²) in [6.07, 6.45) is 4.29. The molecule has 1 fully saturated rings. The van der Waals surface area contributed by atoms with E-state index >= 15 is 0 Å². The molecule has 0 N–H and O–H groups in total. The summed E-state index contributed by atoms with van der Waals surface area (Å²) in [7, 11) is 0. The minimum atomic E-state index is 0.326. The van der Waals surface area contributed by atoms with Crippen molar-refractivity contribution < 1.29 is 0 Å². The molecule has 2 aromatic heterocycles. The number of nitrogens with zero attached hydrogens (tertiary/aromatic N) is 3. The maximum absolute atomic E-state index is 5.92. The molecular weight excluding hydrogens is 266 g/mol. The molecule has 18 heavy (non-hydrogen) atoms. The van der Waals surface area contributed by atoms with Gasteiger partial charge in [-0.2, -0.15) is 0 Å². The number of rotatable bonds is 4. The number of aromatic nitrogens is 2. The summed E-state index contributed by atoms with van der Waals surface area (Å²) >= 11 is 7.70. The second-order valence-electron chi connectivity index (χ2n) is 4.58. The van der Waals surface area contributed by atoms with Crippen LogP contribution < -0.4 is 4.90 Å². The zero-order valence-electron chi connectivity index (χ0n) is 10.1. The van der Waals surface area contributed by atoms with Gasteiger partial charge >= 0.3 is 0 Å². The average Bonchev–Trinajstić information content (AvgIpc) is 3.07. The molecule has 0 aromatic carbocycles. The smallest absolute Gasteiger partial charge is 0.224 e. The van der Waals surface area contributed by atoms with Gasteiger partial charge < -0.3 is 4.90 Å². The van der Waals surface area contributed by atoms with Gasteiger partial charge in [-0.25, -0.2) is 9.97 Å². The Bertz CT molecular complexity index is 537. The van der Waals surface area contributed by atoms with Crippen molar-refractivity contribution in [3.8, 4) is 0 Å². The minimum Gasteiger partial charge on any atom is -0.348 e. The molecule has 1 aliphatic carbocycles. The number of anilines is 1. The highest BCUT2D eigenvalue weighted by Gasteiger charge is 2.31. The van der Waals surface area contributed by atoms with E-state index in [2.05, 4.69) is 32.4 Å². The molecule has 1 saturated carbocycles. The quantitative estimate of drug-likeness (QED) is 0.800. The molecule has 0 spiro atoms. The fraction of sp³-hybridized carbons (Fsp3) is 0.385. The molecule has 2 aromatic rings. The normalized spacial score (nSPS) is 14.8. The molecule has 0 bridgehead atoms. The first kappa shape index (κ1) is 11.9. The summed E-state index contributed by atoms with van der Waals surface area (Å²) in [4.78, 5) is 12.1. The van der Waals surface area contributed by atoms with Crippen LogP contribution in [0.5, 0.6) is 0 Å². The molecule has 2 heterocycles. The van der Waals surface area contributed by atoms with Crippen LogP contribution in [0.1, 0.15) is 23.3 Å². The van der Waals surface area contributed by atoms with Crippen LogP contribution in [0, 0.1) is 6.92 Å². The second kappa shape index (κ2) is 4.86. The van der Waals surface area contributed by atoms with Crippen molar-refractivity contribution in [1.82, 2.24) is 9.97 Å². The number of halogens is 1. The van der Waals surface area contributed by atoms with Crippen LogP contribution in [0.4, 0.5) is 5.82 Å². The zero-order valence-corrected chi connectivity index (χ0v) is 11.7. The molecule has 3 rings (SSSR count). The maximum atomic E-state index is 5.92. The number of aryl methyl sites for hydroxylation is 1. The van der Waals surface area contributed by atoms with Gasteiger partial charge in [-0.3, -0.25) is 0 Å². The van der Waals surface area contributed by atoms with E-state index in [4.69, 9.17) is 11.6 Å². The maximum Gasteiger partial charge on any atom is 0.224 e. The molecule has 0 unspecified atom stereocenters. The molecule has 3 nitrogen and oxygen atoms in total. The van der Waals surface area contributed by atoms with Gasteiger partial charge in [0, 0.05) is 22.7 Å². The van der Waals surface area contributed by atoms with Crippen LogP contribution in [0.3, 0.4) is 0 Å². The van der Waals surface area contributed by atoms with Gasteiger partial charge in [0.2, 0.25) is 5.28 Å². The summed E-state index contributed by atoms with van der Waals surface area (Å²) in [5.41, 5.74) is 1.09. The van der Waals surface area contributed by atoms with Crippen molar-refractivity contribution in [1.29, 1.82) is 0 Å². The van der Waals surface area contributed by atoms with Crippen molar-refractivity contribution in [2.24, 2.45) is 0 Å². The van der Waals surface area contributed by atoms with Gasteiger partial charge in [0.15, 0.2) is 0 Å². The van der Waals surface area contributed by atoms with Gasteiger partial charge in [0.1, 0.15) is 5.82 Å². The third-order valence-electron chi connectivity index (χ3n) is 3.08. The molecule has 0 saturated heterocycles. The summed E-state index contributed by atoms with van der Waals surface area (Å²) in [5.74, 6) is 0.978. The Morgan fingerprint density at radius 1 is 1.50 bits per heavy atom. The van der Waals surface area contributed by atoms with E-state index in [-0.39, 0.29) is 0 Å². The standard InChI is InChI=1S/C13H14ClN3S/c1-9-7-15-13(14)16-12(9)17(10-4-5-10)8-11-3-2-6-18-11/h2-3,6-7,10H,4-5,8H2,1H3. The molecule has 5 heteroatoms. The molecule has 0 atom stereocenters. The van der Waals surface area contributed by atoms with Gasteiger partial charge in [-0.15, -0.1) is 11.3 Å². The van der Waals surface area contributed by atoms with Crippen molar-refractivity contribution in [3.05, 3.63) is 39.4 Å². The second-order valence-corrected chi connectivity index (χ2v) is 5.95. The lowest BCUT2D eigenvalue weighted by molar-refractivity contribution is 0.778. The minimum absolute atomic E-state index is 0.326. The Morgan fingerprint density at radius 3 is 3.00 bits per heavy atom. The van der Waals surface area contributed by atoms with E-state index in [1.165, 1.54) is 17.7 Å². The van der Waals surface area contributed by atoms with Gasteiger partial charge in [0.25, 0.3) is 0 Å². The molecule has 94 valence electrons. The predicted octanol–water partition coefficient (Wildman–Crippen LogP) is 3.67. The highest BCUT2D eigenvalue weighted by atomic mass is 35.5. The molecular formula is C13H14ClN3S. The molecule has 0 amide bonds. The SMILES string of the molecule is Cc1cnc(Cl)nc1N(Cc1cccs1)C1CC1. The van der Waals surface area contributed by atoms with Crippen LogP contribution in [0.25, 0.3) is 0 Å². The topological polar surface area (TPSA) is 29.0 Å². The average molecular weight is 280 g/mol. The van der Waals surface area contributed by atoms with Gasteiger partial charge in [-0.05, 0) is 42.8 Å². The Morgan fingerprint density at radius 2 is 2.33 bits per heavy atom. The molecule has 0 radical (unpaired) electrons. The lowest BCUT2D eigenvalue weighted by Gasteiger charge is -2.24. The van der Waals surface area contributed by atoms with Crippen LogP contribution in [0.2, 0.25) is 5.28 Å². The zero-order chi connectivity index (χ0) is 12.5. The van der Waals surface area contributed by atoms with E-state index in [1.807, 2.05) is 6.92 Å². The van der Waals surface area contributed by atoms with Crippen LogP contribution in [-0.2, 0) is 6.54 Å². The number of hydrogen-bond donors (Lipinski definition) is 0. The third kappa shape index (κ3) is 2.49. The van der Waals surface area contributed by atoms with Crippen molar-refractivity contribution >= 4 is 28.8 Å². The Balaban J connectivity index is 1.91.